The SMILES string of the molecule is COc1ccc(N2C(=O)N[C@H](CC(=O)NCCC(C)C)C2=O)cc1. The molecule has 2 N–H and O–H groups in total. The number of hydrogen-bond donors (Lipinski definition) is 2. The van der Waals surface area contributed by atoms with E-state index in [1.165, 1.54) is 7.11 Å². The fourth-order valence-electron chi connectivity index (χ4n) is 2.40. The molecule has 0 spiro atoms. The lowest BCUT2D eigenvalue weighted by atomic mass is 10.1. The highest BCUT2D eigenvalue weighted by Gasteiger charge is 2.39. The molecule has 130 valence electrons. The maximum absolute atomic E-state index is 12.4. The van der Waals surface area contributed by atoms with Gasteiger partial charge in [-0.2, -0.15) is 0 Å². The van der Waals surface area contributed by atoms with Crippen LogP contribution in [0.5, 0.6) is 5.75 Å². The first-order chi connectivity index (χ1) is 11.4. The number of ether oxygens (including phenoxy) is 1. The largest absolute Gasteiger partial charge is 0.497 e. The minimum Gasteiger partial charge on any atom is -0.497 e. The second-order valence-electron chi connectivity index (χ2n) is 6.11. The molecular formula is C17H23N3O4. The van der Waals surface area contributed by atoms with Crippen molar-refractivity contribution < 1.29 is 19.1 Å². The average molecular weight is 333 g/mol. The fourth-order valence-corrected chi connectivity index (χ4v) is 2.40. The van der Waals surface area contributed by atoms with Gasteiger partial charge >= 0.3 is 6.03 Å². The number of imide groups is 1. The van der Waals surface area contributed by atoms with Crippen LogP contribution in [0.25, 0.3) is 0 Å². The van der Waals surface area contributed by atoms with E-state index in [-0.39, 0.29) is 12.3 Å². The van der Waals surface area contributed by atoms with Gasteiger partial charge in [0.25, 0.3) is 5.91 Å². The van der Waals surface area contributed by atoms with E-state index in [0.29, 0.717) is 23.9 Å². The highest BCUT2D eigenvalue weighted by molar-refractivity contribution is 6.22. The summed E-state index contributed by atoms with van der Waals surface area (Å²) < 4.78 is 5.06. The second-order valence-corrected chi connectivity index (χ2v) is 6.11. The van der Waals surface area contributed by atoms with E-state index in [9.17, 15) is 14.4 Å². The molecule has 24 heavy (non-hydrogen) atoms. The molecule has 1 saturated heterocycles. The molecule has 7 nitrogen and oxygen atoms in total. The zero-order valence-corrected chi connectivity index (χ0v) is 14.2. The number of methoxy groups -OCH3 is 1. The Labute approximate surface area is 141 Å². The Morgan fingerprint density at radius 2 is 1.96 bits per heavy atom. The van der Waals surface area contributed by atoms with Crippen molar-refractivity contribution in [3.05, 3.63) is 24.3 Å². The number of urea groups is 1. The van der Waals surface area contributed by atoms with Crippen LogP contribution >= 0.6 is 0 Å². The maximum atomic E-state index is 12.4. The summed E-state index contributed by atoms with van der Waals surface area (Å²) in [4.78, 5) is 37.4. The average Bonchev–Trinajstić information content (AvgIpc) is 2.81. The number of rotatable bonds is 7. The summed E-state index contributed by atoms with van der Waals surface area (Å²) in [5.41, 5.74) is 0.445. The van der Waals surface area contributed by atoms with Gasteiger partial charge in [0.05, 0.1) is 19.2 Å². The van der Waals surface area contributed by atoms with Gasteiger partial charge in [-0.1, -0.05) is 13.8 Å². The first-order valence-electron chi connectivity index (χ1n) is 7.97. The number of nitrogens with one attached hydrogen (secondary N) is 2. The quantitative estimate of drug-likeness (QED) is 0.743. The van der Waals surface area contributed by atoms with Gasteiger partial charge in [-0.15, -0.1) is 0 Å². The zero-order valence-electron chi connectivity index (χ0n) is 14.2. The summed E-state index contributed by atoms with van der Waals surface area (Å²) in [6, 6.07) is 5.23. The summed E-state index contributed by atoms with van der Waals surface area (Å²) >= 11 is 0. The van der Waals surface area contributed by atoms with Crippen molar-refractivity contribution in [2.24, 2.45) is 5.92 Å². The fraction of sp³-hybridized carbons (Fsp3) is 0.471. The highest BCUT2D eigenvalue weighted by Crippen LogP contribution is 2.23. The van der Waals surface area contributed by atoms with E-state index >= 15 is 0 Å². The molecular weight excluding hydrogens is 310 g/mol. The van der Waals surface area contributed by atoms with Crippen LogP contribution in [0.3, 0.4) is 0 Å². The zero-order chi connectivity index (χ0) is 17.7. The summed E-state index contributed by atoms with van der Waals surface area (Å²) in [6.45, 7) is 4.70. The van der Waals surface area contributed by atoms with E-state index in [1.807, 2.05) is 0 Å². The molecule has 4 amide bonds. The molecule has 1 aromatic carbocycles. The number of nitrogens with zero attached hydrogens (tertiary/aromatic N) is 1. The Morgan fingerprint density at radius 3 is 2.54 bits per heavy atom. The molecule has 1 aliphatic rings. The standard InChI is InChI=1S/C17H23N3O4/c1-11(2)8-9-18-15(21)10-14-16(22)20(17(23)19-14)12-4-6-13(24-3)7-5-12/h4-7,11,14H,8-10H2,1-3H3,(H,18,21)(H,19,23)/t14-/m1/s1. The van der Waals surface area contributed by atoms with Gasteiger partial charge in [0.1, 0.15) is 11.8 Å². The van der Waals surface area contributed by atoms with Gasteiger partial charge in [-0.25, -0.2) is 9.69 Å². The van der Waals surface area contributed by atoms with Crippen LogP contribution in [0.1, 0.15) is 26.7 Å². The lowest BCUT2D eigenvalue weighted by molar-refractivity contribution is -0.125. The molecule has 0 radical (unpaired) electrons. The summed E-state index contributed by atoms with van der Waals surface area (Å²) in [5.74, 6) is 0.450. The van der Waals surface area contributed by atoms with Crippen molar-refractivity contribution in [2.45, 2.75) is 32.7 Å². The van der Waals surface area contributed by atoms with Crippen LogP contribution in [0, 0.1) is 5.92 Å². The summed E-state index contributed by atoms with van der Waals surface area (Å²) in [6.07, 6.45) is 0.810. The van der Waals surface area contributed by atoms with Crippen LogP contribution in [-0.4, -0.2) is 37.5 Å². The van der Waals surface area contributed by atoms with Crippen molar-refractivity contribution >= 4 is 23.5 Å². The Kier molecular flexibility index (Phi) is 5.78. The van der Waals surface area contributed by atoms with E-state index in [4.69, 9.17) is 4.74 Å². The Hall–Kier alpha value is -2.57. The molecule has 0 saturated carbocycles. The monoisotopic (exact) mass is 333 g/mol. The second kappa shape index (κ2) is 7.81. The van der Waals surface area contributed by atoms with E-state index in [2.05, 4.69) is 24.5 Å². The number of carbonyl (C=O) groups excluding carboxylic acids is 3. The number of carbonyl (C=O) groups is 3. The number of benzene rings is 1. The van der Waals surface area contributed by atoms with Crippen LogP contribution in [0.4, 0.5) is 10.5 Å². The first kappa shape index (κ1) is 17.8. The van der Waals surface area contributed by atoms with Crippen molar-refractivity contribution in [1.82, 2.24) is 10.6 Å². The number of amides is 4. The molecule has 0 unspecified atom stereocenters. The van der Waals surface area contributed by atoms with Crippen LogP contribution < -0.4 is 20.3 Å². The normalized spacial score (nSPS) is 17.2. The van der Waals surface area contributed by atoms with Crippen molar-refractivity contribution in [1.29, 1.82) is 0 Å². The third kappa shape index (κ3) is 4.24. The van der Waals surface area contributed by atoms with E-state index < -0.39 is 18.0 Å². The Bertz CT molecular complexity index is 613. The van der Waals surface area contributed by atoms with Gasteiger partial charge in [-0.05, 0) is 36.6 Å². The van der Waals surface area contributed by atoms with E-state index in [1.54, 1.807) is 24.3 Å². The molecule has 1 fully saturated rings. The Balaban J connectivity index is 1.96. The minimum absolute atomic E-state index is 0.0602. The van der Waals surface area contributed by atoms with Crippen molar-refractivity contribution in [2.75, 3.05) is 18.6 Å². The molecule has 7 heteroatoms. The third-order valence-electron chi connectivity index (χ3n) is 3.78. The smallest absolute Gasteiger partial charge is 0.329 e. The highest BCUT2D eigenvalue weighted by atomic mass is 16.5. The van der Waals surface area contributed by atoms with Crippen LogP contribution in [0.15, 0.2) is 24.3 Å². The predicted octanol–water partition coefficient (Wildman–Crippen LogP) is 1.67. The number of anilines is 1. The summed E-state index contributed by atoms with van der Waals surface area (Å²) in [5, 5.41) is 5.32. The molecule has 0 aliphatic carbocycles. The maximum Gasteiger partial charge on any atom is 0.329 e. The molecule has 1 atom stereocenters. The third-order valence-corrected chi connectivity index (χ3v) is 3.78. The lowest BCUT2D eigenvalue weighted by Gasteiger charge is -2.13. The Morgan fingerprint density at radius 1 is 1.29 bits per heavy atom. The van der Waals surface area contributed by atoms with Gasteiger partial charge in [0.15, 0.2) is 0 Å². The predicted molar refractivity (Wildman–Crippen MR) is 89.9 cm³/mol. The molecule has 0 bridgehead atoms. The van der Waals surface area contributed by atoms with Crippen LogP contribution in [-0.2, 0) is 9.59 Å². The molecule has 1 heterocycles. The van der Waals surface area contributed by atoms with Gasteiger partial charge in [-0.3, -0.25) is 9.59 Å². The number of hydrogen-bond acceptors (Lipinski definition) is 4. The molecule has 1 aromatic rings. The topological polar surface area (TPSA) is 87.7 Å². The van der Waals surface area contributed by atoms with Crippen molar-refractivity contribution in [3.8, 4) is 5.75 Å². The molecule has 1 aliphatic heterocycles. The van der Waals surface area contributed by atoms with Gasteiger partial charge < -0.3 is 15.4 Å². The first-order valence-corrected chi connectivity index (χ1v) is 7.97. The summed E-state index contributed by atoms with van der Waals surface area (Å²) in [7, 11) is 1.54. The van der Waals surface area contributed by atoms with Gasteiger partial charge in [0, 0.05) is 6.54 Å². The van der Waals surface area contributed by atoms with Crippen LogP contribution in [0.2, 0.25) is 0 Å². The molecule has 2 rings (SSSR count). The molecule has 0 aromatic heterocycles. The van der Waals surface area contributed by atoms with E-state index in [0.717, 1.165) is 11.3 Å². The lowest BCUT2D eigenvalue weighted by Crippen LogP contribution is -2.37. The van der Waals surface area contributed by atoms with Crippen molar-refractivity contribution in [3.63, 3.8) is 0 Å². The van der Waals surface area contributed by atoms with Gasteiger partial charge in [0.2, 0.25) is 5.91 Å². The minimum atomic E-state index is -0.835.